The smallest absolute Gasteiger partial charge is 0.407 e. The molecule has 5 nitrogen and oxygen atoms in total. The number of pyridine rings is 1. The van der Waals surface area contributed by atoms with Crippen molar-refractivity contribution in [2.24, 2.45) is 11.8 Å². The molecule has 2 fully saturated rings. The third kappa shape index (κ3) is 3.07. The highest BCUT2D eigenvalue weighted by atomic mass is 35.5. The Balaban J connectivity index is 1.62. The maximum Gasteiger partial charge on any atom is 0.407 e. The van der Waals surface area contributed by atoms with Gasteiger partial charge in [0.05, 0.1) is 6.04 Å². The molecule has 1 aliphatic carbocycles. The van der Waals surface area contributed by atoms with E-state index in [9.17, 15) is 9.90 Å². The highest BCUT2D eigenvalue weighted by molar-refractivity contribution is 6.31. The van der Waals surface area contributed by atoms with Gasteiger partial charge in [0.25, 0.3) is 0 Å². The molecule has 2 heterocycles. The van der Waals surface area contributed by atoms with Gasteiger partial charge in [-0.25, -0.2) is 9.78 Å². The second-order valence-corrected chi connectivity index (χ2v) is 6.28. The summed E-state index contributed by atoms with van der Waals surface area (Å²) in [5.41, 5.74) is 0. The van der Waals surface area contributed by atoms with Gasteiger partial charge in [0.15, 0.2) is 0 Å². The number of ether oxygens (including phenoxy) is 1. The lowest BCUT2D eigenvalue weighted by Gasteiger charge is -2.30. The van der Waals surface area contributed by atoms with Crippen molar-refractivity contribution in [3.63, 3.8) is 0 Å². The van der Waals surface area contributed by atoms with E-state index in [-0.39, 0.29) is 6.04 Å². The van der Waals surface area contributed by atoms with E-state index >= 15 is 0 Å². The largest absolute Gasteiger partial charge is 0.474 e. The third-order valence-electron chi connectivity index (χ3n) is 4.65. The van der Waals surface area contributed by atoms with Crippen LogP contribution in [0, 0.1) is 11.8 Å². The Morgan fingerprint density at radius 2 is 2.29 bits per heavy atom. The Labute approximate surface area is 128 Å². The normalized spacial score (nSPS) is 25.7. The van der Waals surface area contributed by atoms with Crippen LogP contribution < -0.4 is 4.74 Å². The van der Waals surface area contributed by atoms with Gasteiger partial charge >= 0.3 is 6.09 Å². The third-order valence-corrected chi connectivity index (χ3v) is 4.93. The van der Waals surface area contributed by atoms with Gasteiger partial charge in [0.2, 0.25) is 5.88 Å². The van der Waals surface area contributed by atoms with Gasteiger partial charge < -0.3 is 14.7 Å². The van der Waals surface area contributed by atoms with Crippen LogP contribution in [0.1, 0.15) is 25.7 Å². The van der Waals surface area contributed by atoms with Gasteiger partial charge in [-0.05, 0) is 30.4 Å². The fourth-order valence-corrected chi connectivity index (χ4v) is 3.43. The molecule has 6 heteroatoms. The number of halogens is 1. The molecule has 1 saturated carbocycles. The van der Waals surface area contributed by atoms with Crippen molar-refractivity contribution in [3.8, 4) is 5.88 Å². The lowest BCUT2D eigenvalue weighted by atomic mass is 9.75. The lowest BCUT2D eigenvalue weighted by molar-refractivity contribution is 0.120. The summed E-state index contributed by atoms with van der Waals surface area (Å²) in [7, 11) is 0. The first kappa shape index (κ1) is 14.4. The Kier molecular flexibility index (Phi) is 4.19. The van der Waals surface area contributed by atoms with Crippen molar-refractivity contribution in [2.45, 2.75) is 31.7 Å². The zero-order valence-corrected chi connectivity index (χ0v) is 12.5. The molecule has 114 valence electrons. The monoisotopic (exact) mass is 310 g/mol. The summed E-state index contributed by atoms with van der Waals surface area (Å²) in [6, 6.07) is 3.34. The zero-order valence-electron chi connectivity index (χ0n) is 11.7. The van der Waals surface area contributed by atoms with Crippen LogP contribution in [-0.2, 0) is 0 Å². The number of aromatic nitrogens is 1. The van der Waals surface area contributed by atoms with Crippen molar-refractivity contribution >= 4 is 17.7 Å². The molecule has 1 aliphatic heterocycles. The minimum atomic E-state index is -0.863. The van der Waals surface area contributed by atoms with E-state index in [4.69, 9.17) is 16.3 Å². The number of amides is 1. The van der Waals surface area contributed by atoms with Crippen molar-refractivity contribution in [1.29, 1.82) is 0 Å². The van der Waals surface area contributed by atoms with Crippen LogP contribution in [0.25, 0.3) is 0 Å². The van der Waals surface area contributed by atoms with Crippen molar-refractivity contribution in [2.75, 3.05) is 13.2 Å². The molecule has 1 aromatic heterocycles. The average Bonchev–Trinajstić information content (AvgIpc) is 2.80. The Morgan fingerprint density at radius 3 is 2.90 bits per heavy atom. The molecule has 3 rings (SSSR count). The topological polar surface area (TPSA) is 62.7 Å². The molecule has 2 aliphatic rings. The maximum absolute atomic E-state index is 11.4. The number of rotatable bonds is 4. The molecule has 1 amide bonds. The Morgan fingerprint density at radius 1 is 1.48 bits per heavy atom. The van der Waals surface area contributed by atoms with Crippen LogP contribution in [0.3, 0.4) is 0 Å². The molecular formula is C15H19ClN2O3. The summed E-state index contributed by atoms with van der Waals surface area (Å²) in [5, 5.41) is 9.81. The van der Waals surface area contributed by atoms with Gasteiger partial charge in [0, 0.05) is 12.7 Å². The van der Waals surface area contributed by atoms with Crippen molar-refractivity contribution in [1.82, 2.24) is 9.88 Å². The number of carboxylic acid groups (broad SMARTS) is 1. The van der Waals surface area contributed by atoms with E-state index in [0.29, 0.717) is 35.9 Å². The van der Waals surface area contributed by atoms with Crippen LogP contribution in [0.5, 0.6) is 5.88 Å². The van der Waals surface area contributed by atoms with E-state index in [0.717, 1.165) is 6.42 Å². The van der Waals surface area contributed by atoms with Gasteiger partial charge in [-0.1, -0.05) is 30.9 Å². The maximum atomic E-state index is 11.4. The molecule has 0 radical (unpaired) electrons. The molecule has 0 spiro atoms. The van der Waals surface area contributed by atoms with Gasteiger partial charge in [-0.3, -0.25) is 0 Å². The van der Waals surface area contributed by atoms with E-state index < -0.39 is 6.09 Å². The zero-order chi connectivity index (χ0) is 14.8. The van der Waals surface area contributed by atoms with E-state index in [2.05, 4.69) is 4.98 Å². The average molecular weight is 311 g/mol. The molecule has 1 unspecified atom stereocenters. The fourth-order valence-electron chi connectivity index (χ4n) is 3.25. The number of nitrogens with zero attached hydrogens (tertiary/aromatic N) is 2. The van der Waals surface area contributed by atoms with Gasteiger partial charge in [-0.15, -0.1) is 0 Å². The van der Waals surface area contributed by atoms with Crippen LogP contribution in [-0.4, -0.2) is 40.3 Å². The first-order chi connectivity index (χ1) is 10.1. The lowest BCUT2D eigenvalue weighted by Crippen LogP contribution is -2.38. The molecule has 21 heavy (non-hydrogen) atoms. The van der Waals surface area contributed by atoms with Crippen molar-refractivity contribution in [3.05, 3.63) is 23.4 Å². The van der Waals surface area contributed by atoms with Crippen LogP contribution >= 0.6 is 11.6 Å². The number of likely N-dealkylation sites (tertiary alicyclic amines) is 1. The van der Waals surface area contributed by atoms with E-state index in [1.54, 1.807) is 18.3 Å². The molecule has 0 aromatic carbocycles. The van der Waals surface area contributed by atoms with Crippen molar-refractivity contribution < 1.29 is 14.6 Å². The summed E-state index contributed by atoms with van der Waals surface area (Å²) in [5.74, 6) is 1.54. The predicted molar refractivity (Wildman–Crippen MR) is 78.7 cm³/mol. The first-order valence-corrected chi connectivity index (χ1v) is 7.76. The summed E-state index contributed by atoms with van der Waals surface area (Å²) < 4.78 is 5.63. The number of carbonyl (C=O) groups is 1. The molecule has 1 N–H and O–H groups in total. The SMILES string of the molecule is O=C(O)N1CC(C2CCC2)C[C@@H]1COc1ncccc1Cl. The first-order valence-electron chi connectivity index (χ1n) is 7.38. The number of hydrogen-bond donors (Lipinski definition) is 1. The van der Waals surface area contributed by atoms with Gasteiger partial charge in [-0.2, -0.15) is 0 Å². The number of hydrogen-bond acceptors (Lipinski definition) is 3. The van der Waals surface area contributed by atoms with E-state index in [1.165, 1.54) is 24.2 Å². The van der Waals surface area contributed by atoms with Crippen LogP contribution in [0.15, 0.2) is 18.3 Å². The molecule has 1 saturated heterocycles. The fraction of sp³-hybridized carbons (Fsp3) is 0.600. The highest BCUT2D eigenvalue weighted by Gasteiger charge is 2.40. The standard InChI is InChI=1S/C15H19ClN2O3/c16-13-5-2-6-17-14(13)21-9-12-7-11(10-3-1-4-10)8-18(12)15(19)20/h2,5-6,10-12H,1,3-4,7-9H2,(H,19,20)/t11?,12-/m1/s1. The second kappa shape index (κ2) is 6.10. The van der Waals surface area contributed by atoms with Crippen LogP contribution in [0.4, 0.5) is 4.79 Å². The Bertz CT molecular complexity index is 521. The molecule has 1 aromatic rings. The van der Waals surface area contributed by atoms with Gasteiger partial charge in [0.1, 0.15) is 11.6 Å². The summed E-state index contributed by atoms with van der Waals surface area (Å²) in [6.45, 7) is 0.941. The minimum absolute atomic E-state index is 0.105. The summed E-state index contributed by atoms with van der Waals surface area (Å²) in [6.07, 6.45) is 5.37. The highest BCUT2D eigenvalue weighted by Crippen LogP contribution is 2.40. The Hall–Kier alpha value is -1.49. The second-order valence-electron chi connectivity index (χ2n) is 5.88. The summed E-state index contributed by atoms with van der Waals surface area (Å²) in [4.78, 5) is 17.0. The summed E-state index contributed by atoms with van der Waals surface area (Å²) >= 11 is 6.00. The predicted octanol–water partition coefficient (Wildman–Crippen LogP) is 3.28. The van der Waals surface area contributed by atoms with Crippen LogP contribution in [0.2, 0.25) is 5.02 Å². The molecule has 2 atom stereocenters. The quantitative estimate of drug-likeness (QED) is 0.927. The van der Waals surface area contributed by atoms with E-state index in [1.807, 2.05) is 0 Å². The minimum Gasteiger partial charge on any atom is -0.474 e. The molecule has 0 bridgehead atoms. The molecular weight excluding hydrogens is 292 g/mol.